The second-order valence-corrected chi connectivity index (χ2v) is 4.93. The summed E-state index contributed by atoms with van der Waals surface area (Å²) in [6, 6.07) is 3.63. The van der Waals surface area contributed by atoms with E-state index in [1.165, 1.54) is 12.1 Å². The Morgan fingerprint density at radius 1 is 1.42 bits per heavy atom. The zero-order chi connectivity index (χ0) is 14.2. The van der Waals surface area contributed by atoms with Gasteiger partial charge in [0.25, 0.3) is 10.1 Å². The zero-order valence-corrected chi connectivity index (χ0v) is 10.0. The lowest BCUT2D eigenvalue weighted by atomic mass is 10.1. The average molecular weight is 290 g/mol. The molecule has 0 unspecified atom stereocenters. The first-order valence-corrected chi connectivity index (χ1v) is 6.28. The number of nitrogens with two attached hydrogens (primary N) is 1. The average Bonchev–Trinajstić information content (AvgIpc) is 2.26. The van der Waals surface area contributed by atoms with Crippen LogP contribution in [0.1, 0.15) is 5.56 Å². The summed E-state index contributed by atoms with van der Waals surface area (Å²) in [6.45, 7) is 0. The lowest BCUT2D eigenvalue weighted by Gasteiger charge is -2.16. The van der Waals surface area contributed by atoms with Crippen molar-refractivity contribution in [1.29, 1.82) is 0 Å². The van der Waals surface area contributed by atoms with Crippen LogP contribution in [0.15, 0.2) is 40.2 Å². The quantitative estimate of drug-likeness (QED) is 0.321. The van der Waals surface area contributed by atoms with Crippen LogP contribution in [0.2, 0.25) is 0 Å². The van der Waals surface area contributed by atoms with E-state index in [0.717, 1.165) is 12.1 Å². The number of benzene rings is 1. The number of nitrogen functional groups attached to an aromatic ring is 1. The Hall–Kier alpha value is -2.20. The molecule has 0 aromatic heterocycles. The van der Waals surface area contributed by atoms with Crippen LogP contribution >= 0.6 is 0 Å². The SMILES string of the molecule is Nc1c(C2=NN(F)NC(F)=C2)cccc1S(=O)(=O)O. The summed E-state index contributed by atoms with van der Waals surface area (Å²) in [5, 5.41) is 2.90. The zero-order valence-electron chi connectivity index (χ0n) is 9.21. The van der Waals surface area contributed by atoms with Crippen molar-refractivity contribution in [2.75, 3.05) is 5.73 Å². The molecule has 10 heteroatoms. The summed E-state index contributed by atoms with van der Waals surface area (Å²) in [7, 11) is -4.54. The van der Waals surface area contributed by atoms with Crippen molar-refractivity contribution in [2.45, 2.75) is 4.90 Å². The molecule has 102 valence electrons. The van der Waals surface area contributed by atoms with Gasteiger partial charge in [-0.1, -0.05) is 16.6 Å². The highest BCUT2D eigenvalue weighted by atomic mass is 32.2. The lowest BCUT2D eigenvalue weighted by molar-refractivity contribution is -0.0273. The monoisotopic (exact) mass is 290 g/mol. The minimum absolute atomic E-state index is 0.0329. The normalized spacial score (nSPS) is 15.6. The second-order valence-electron chi connectivity index (χ2n) is 3.54. The maximum Gasteiger partial charge on any atom is 0.296 e. The summed E-state index contributed by atoms with van der Waals surface area (Å²) in [6.07, 6.45) is 0.829. The van der Waals surface area contributed by atoms with E-state index < -0.39 is 21.0 Å². The Labute approximate surface area is 106 Å². The first kappa shape index (κ1) is 13.2. The smallest absolute Gasteiger partial charge is 0.296 e. The van der Waals surface area contributed by atoms with Crippen molar-refractivity contribution in [3.63, 3.8) is 0 Å². The van der Waals surface area contributed by atoms with E-state index in [1.54, 1.807) is 5.43 Å². The molecule has 0 spiro atoms. The molecule has 1 aromatic carbocycles. The molecule has 1 aromatic rings. The fourth-order valence-electron chi connectivity index (χ4n) is 1.51. The topological polar surface area (TPSA) is 108 Å². The van der Waals surface area contributed by atoms with Gasteiger partial charge in [0.15, 0.2) is 0 Å². The predicted molar refractivity (Wildman–Crippen MR) is 62.5 cm³/mol. The fraction of sp³-hybridized carbons (Fsp3) is 0. The van der Waals surface area contributed by atoms with Crippen LogP contribution in [0.3, 0.4) is 0 Å². The maximum atomic E-state index is 13.0. The highest BCUT2D eigenvalue weighted by molar-refractivity contribution is 7.86. The molecular weight excluding hydrogens is 282 g/mol. The number of nitrogens with one attached hydrogen (secondary N) is 1. The minimum atomic E-state index is -4.54. The first-order valence-electron chi connectivity index (χ1n) is 4.84. The molecular formula is C9H8F2N4O3S. The number of anilines is 1. The maximum absolute atomic E-state index is 13.0. The molecule has 2 rings (SSSR count). The van der Waals surface area contributed by atoms with Crippen molar-refractivity contribution in [1.82, 2.24) is 10.8 Å². The fourth-order valence-corrected chi connectivity index (χ4v) is 2.15. The largest absolute Gasteiger partial charge is 0.397 e. The summed E-state index contributed by atoms with van der Waals surface area (Å²) in [4.78, 5) is -0.564. The predicted octanol–water partition coefficient (Wildman–Crippen LogP) is 0.735. The van der Waals surface area contributed by atoms with Gasteiger partial charge in [-0.2, -0.15) is 12.8 Å². The molecule has 0 saturated heterocycles. The van der Waals surface area contributed by atoms with Crippen LogP contribution in [0.5, 0.6) is 0 Å². The molecule has 0 radical (unpaired) electrons. The van der Waals surface area contributed by atoms with E-state index in [9.17, 15) is 17.3 Å². The van der Waals surface area contributed by atoms with Gasteiger partial charge in [0.1, 0.15) is 10.6 Å². The summed E-state index contributed by atoms with van der Waals surface area (Å²) < 4.78 is 57.0. The molecule has 0 fully saturated rings. The van der Waals surface area contributed by atoms with E-state index in [-0.39, 0.29) is 22.3 Å². The molecule has 0 atom stereocenters. The number of hydrogen-bond acceptors (Lipinski definition) is 6. The number of halogens is 2. The molecule has 0 bridgehead atoms. The van der Waals surface area contributed by atoms with Crippen LogP contribution < -0.4 is 11.2 Å². The lowest BCUT2D eigenvalue weighted by Crippen LogP contribution is -2.29. The number of hydrazone groups is 1. The van der Waals surface area contributed by atoms with Gasteiger partial charge in [-0.05, 0) is 11.4 Å². The number of hydrazine groups is 1. The first-order chi connectivity index (χ1) is 8.79. The van der Waals surface area contributed by atoms with Crippen LogP contribution in [0.4, 0.5) is 14.6 Å². The third-order valence-corrected chi connectivity index (χ3v) is 3.19. The Balaban J connectivity index is 2.59. The number of hydrogen-bond donors (Lipinski definition) is 3. The standard InChI is InChI=1S/C9H8F2N4O3S/c10-8-4-6(13-15(11)14-8)5-2-1-3-7(9(5)12)19(16,17)18/h1-4,14H,12H2,(H,16,17,18). The van der Waals surface area contributed by atoms with Crippen molar-refractivity contribution in [2.24, 2.45) is 5.10 Å². The van der Waals surface area contributed by atoms with Gasteiger partial charge < -0.3 is 5.73 Å². The van der Waals surface area contributed by atoms with Crippen molar-refractivity contribution < 1.29 is 21.8 Å². The van der Waals surface area contributed by atoms with Gasteiger partial charge in [0.05, 0.1) is 5.69 Å². The summed E-state index contributed by atoms with van der Waals surface area (Å²) in [5.41, 5.74) is 6.54. The minimum Gasteiger partial charge on any atom is -0.397 e. The van der Waals surface area contributed by atoms with Gasteiger partial charge in [-0.15, -0.1) is 5.10 Å². The second kappa shape index (κ2) is 4.48. The van der Waals surface area contributed by atoms with E-state index in [2.05, 4.69) is 5.10 Å². The van der Waals surface area contributed by atoms with Crippen LogP contribution in [0.25, 0.3) is 0 Å². The Morgan fingerprint density at radius 3 is 2.68 bits per heavy atom. The third-order valence-electron chi connectivity index (χ3n) is 2.28. The molecule has 1 aliphatic rings. The van der Waals surface area contributed by atoms with Gasteiger partial charge in [0.2, 0.25) is 5.95 Å². The van der Waals surface area contributed by atoms with Gasteiger partial charge in [0, 0.05) is 11.6 Å². The van der Waals surface area contributed by atoms with Gasteiger partial charge >= 0.3 is 0 Å². The Bertz CT molecular complexity index is 687. The van der Waals surface area contributed by atoms with E-state index in [1.807, 2.05) is 0 Å². The Morgan fingerprint density at radius 2 is 2.11 bits per heavy atom. The molecule has 1 aliphatic heterocycles. The van der Waals surface area contributed by atoms with Crippen LogP contribution in [-0.2, 0) is 10.1 Å². The summed E-state index contributed by atoms with van der Waals surface area (Å²) in [5.74, 6) is -1.04. The number of para-hydroxylation sites is 1. The molecule has 19 heavy (non-hydrogen) atoms. The van der Waals surface area contributed by atoms with Crippen molar-refractivity contribution in [3.8, 4) is 0 Å². The van der Waals surface area contributed by atoms with Crippen molar-refractivity contribution >= 4 is 21.5 Å². The van der Waals surface area contributed by atoms with Gasteiger partial charge in [-0.25, -0.2) is 5.43 Å². The third kappa shape index (κ3) is 2.63. The highest BCUT2D eigenvalue weighted by Gasteiger charge is 2.21. The Kier molecular flexibility index (Phi) is 3.12. The van der Waals surface area contributed by atoms with E-state index in [4.69, 9.17) is 10.3 Å². The summed E-state index contributed by atoms with van der Waals surface area (Å²) >= 11 is 0. The molecule has 0 aliphatic carbocycles. The van der Waals surface area contributed by atoms with Crippen LogP contribution in [0, 0.1) is 0 Å². The number of allylic oxidation sites excluding steroid dienone is 1. The molecule has 0 amide bonds. The van der Waals surface area contributed by atoms with Gasteiger partial charge in [-0.3, -0.25) is 4.55 Å². The number of nitrogens with zero attached hydrogens (tertiary/aromatic N) is 2. The van der Waals surface area contributed by atoms with E-state index in [0.29, 0.717) is 0 Å². The van der Waals surface area contributed by atoms with E-state index >= 15 is 0 Å². The molecule has 7 nitrogen and oxygen atoms in total. The van der Waals surface area contributed by atoms with Crippen LogP contribution in [-0.4, -0.2) is 24.0 Å². The molecule has 0 saturated carbocycles. The molecule has 4 N–H and O–H groups in total. The number of rotatable bonds is 2. The van der Waals surface area contributed by atoms with Crippen molar-refractivity contribution in [3.05, 3.63) is 35.8 Å². The molecule has 1 heterocycles. The highest BCUT2D eigenvalue weighted by Crippen LogP contribution is 2.24.